The lowest BCUT2D eigenvalue weighted by Crippen LogP contribution is -2.47. The number of amides is 1. The van der Waals surface area contributed by atoms with Crippen molar-refractivity contribution in [1.82, 2.24) is 15.2 Å². The maximum Gasteiger partial charge on any atom is 0.270 e. The molecule has 20 heavy (non-hydrogen) atoms. The van der Waals surface area contributed by atoms with Crippen LogP contribution in [0.1, 0.15) is 23.3 Å². The number of hydrogen-bond acceptors (Lipinski definition) is 5. The van der Waals surface area contributed by atoms with Gasteiger partial charge in [-0.1, -0.05) is 0 Å². The summed E-state index contributed by atoms with van der Waals surface area (Å²) in [6, 6.07) is 1.88. The van der Waals surface area contributed by atoms with E-state index in [1.807, 2.05) is 0 Å². The summed E-state index contributed by atoms with van der Waals surface area (Å²) in [5.41, 5.74) is 0.391. The van der Waals surface area contributed by atoms with E-state index in [0.29, 0.717) is 17.2 Å². The number of fused-ring (bicyclic) bond motifs is 3. The van der Waals surface area contributed by atoms with Crippen LogP contribution in [-0.2, 0) is 0 Å². The molecular formula is C14H17N3O3. The first kappa shape index (κ1) is 12.0. The van der Waals surface area contributed by atoms with Crippen molar-refractivity contribution < 1.29 is 14.3 Å². The summed E-state index contributed by atoms with van der Waals surface area (Å²) in [5.74, 6) is 1.80. The smallest absolute Gasteiger partial charge is 0.270 e. The first-order valence-corrected chi connectivity index (χ1v) is 7.07. The SMILES string of the molecule is O=C(N[C@@H]1C[C@H]2CCN(C2)C1)c1cc2c(cn1)OCO2. The molecule has 1 aromatic rings. The molecule has 6 nitrogen and oxygen atoms in total. The molecule has 0 aliphatic carbocycles. The second-order valence-corrected chi connectivity index (χ2v) is 5.74. The number of carbonyl (C=O) groups excluding carboxylic acids is 1. The van der Waals surface area contributed by atoms with Crippen LogP contribution in [0.2, 0.25) is 0 Å². The van der Waals surface area contributed by atoms with Gasteiger partial charge in [0.2, 0.25) is 6.79 Å². The molecule has 2 bridgehead atoms. The van der Waals surface area contributed by atoms with Crippen molar-refractivity contribution in [1.29, 1.82) is 0 Å². The number of hydrogen-bond donors (Lipinski definition) is 1. The fourth-order valence-electron chi connectivity index (χ4n) is 3.35. The molecule has 4 rings (SSSR count). The molecule has 1 amide bonds. The predicted octanol–water partition coefficient (Wildman–Crippen LogP) is 0.634. The van der Waals surface area contributed by atoms with Crippen LogP contribution < -0.4 is 14.8 Å². The van der Waals surface area contributed by atoms with Crippen molar-refractivity contribution in [3.8, 4) is 11.5 Å². The molecule has 1 aromatic heterocycles. The van der Waals surface area contributed by atoms with E-state index in [9.17, 15) is 4.79 Å². The number of aromatic nitrogens is 1. The van der Waals surface area contributed by atoms with Crippen LogP contribution in [0.5, 0.6) is 11.5 Å². The van der Waals surface area contributed by atoms with E-state index < -0.39 is 0 Å². The van der Waals surface area contributed by atoms with Gasteiger partial charge in [0.15, 0.2) is 11.5 Å². The minimum atomic E-state index is -0.129. The van der Waals surface area contributed by atoms with Crippen LogP contribution in [0.4, 0.5) is 0 Å². The van der Waals surface area contributed by atoms with E-state index in [-0.39, 0.29) is 18.7 Å². The Morgan fingerprint density at radius 3 is 3.15 bits per heavy atom. The summed E-state index contributed by atoms with van der Waals surface area (Å²) in [6.07, 6.45) is 3.88. The van der Waals surface area contributed by atoms with Gasteiger partial charge in [-0.2, -0.15) is 0 Å². The van der Waals surface area contributed by atoms with Gasteiger partial charge in [-0.15, -0.1) is 0 Å². The summed E-state index contributed by atoms with van der Waals surface area (Å²) in [5, 5.41) is 3.09. The molecule has 3 atom stereocenters. The molecule has 2 fully saturated rings. The zero-order chi connectivity index (χ0) is 13.5. The van der Waals surface area contributed by atoms with Crippen LogP contribution in [0.15, 0.2) is 12.3 Å². The highest BCUT2D eigenvalue weighted by atomic mass is 16.7. The third kappa shape index (κ3) is 2.10. The number of ether oxygens (including phenoxy) is 2. The Hall–Kier alpha value is -1.82. The first-order valence-electron chi connectivity index (χ1n) is 7.07. The van der Waals surface area contributed by atoms with Crippen molar-refractivity contribution in [3.63, 3.8) is 0 Å². The Morgan fingerprint density at radius 1 is 1.35 bits per heavy atom. The number of rotatable bonds is 2. The maximum atomic E-state index is 12.3. The van der Waals surface area contributed by atoms with Crippen LogP contribution in [0.3, 0.4) is 0 Å². The highest BCUT2D eigenvalue weighted by Crippen LogP contribution is 2.31. The Morgan fingerprint density at radius 2 is 2.25 bits per heavy atom. The number of carbonyl (C=O) groups is 1. The van der Waals surface area contributed by atoms with Crippen molar-refractivity contribution >= 4 is 5.91 Å². The minimum absolute atomic E-state index is 0.129. The highest BCUT2D eigenvalue weighted by Gasteiger charge is 2.33. The molecule has 3 aliphatic rings. The van der Waals surface area contributed by atoms with Gasteiger partial charge in [-0.3, -0.25) is 4.79 Å². The van der Waals surface area contributed by atoms with Gasteiger partial charge in [-0.05, 0) is 25.3 Å². The zero-order valence-electron chi connectivity index (χ0n) is 11.2. The van der Waals surface area contributed by atoms with Crippen molar-refractivity contribution in [2.75, 3.05) is 26.4 Å². The van der Waals surface area contributed by atoms with E-state index in [1.165, 1.54) is 19.5 Å². The van der Waals surface area contributed by atoms with Gasteiger partial charge in [0, 0.05) is 25.2 Å². The Balaban J connectivity index is 1.45. The molecule has 106 valence electrons. The fourth-order valence-corrected chi connectivity index (χ4v) is 3.35. The van der Waals surface area contributed by atoms with Crippen molar-refractivity contribution in [2.24, 2.45) is 5.92 Å². The molecule has 6 heteroatoms. The molecule has 3 aliphatic heterocycles. The van der Waals surface area contributed by atoms with Gasteiger partial charge < -0.3 is 19.7 Å². The molecule has 0 radical (unpaired) electrons. The summed E-state index contributed by atoms with van der Waals surface area (Å²) in [4.78, 5) is 18.8. The second-order valence-electron chi connectivity index (χ2n) is 5.74. The molecule has 0 saturated carbocycles. The van der Waals surface area contributed by atoms with Gasteiger partial charge in [-0.25, -0.2) is 4.98 Å². The van der Waals surface area contributed by atoms with Crippen LogP contribution in [0.25, 0.3) is 0 Å². The standard InChI is InChI=1S/C14H17N3O3/c18-14(11-4-12-13(5-15-11)20-8-19-12)16-10-3-9-1-2-17(6-9)7-10/h4-5,9-10H,1-3,6-8H2,(H,16,18)/t9-,10-/m1/s1. The molecule has 2 saturated heterocycles. The van der Waals surface area contributed by atoms with Crippen LogP contribution >= 0.6 is 0 Å². The lowest BCUT2D eigenvalue weighted by Gasteiger charge is -2.30. The summed E-state index contributed by atoms with van der Waals surface area (Å²) < 4.78 is 10.5. The summed E-state index contributed by atoms with van der Waals surface area (Å²) in [7, 11) is 0. The molecule has 1 unspecified atom stereocenters. The third-order valence-corrected chi connectivity index (χ3v) is 4.29. The van der Waals surface area contributed by atoms with Gasteiger partial charge in [0.25, 0.3) is 5.91 Å². The topological polar surface area (TPSA) is 63.7 Å². The lowest BCUT2D eigenvalue weighted by atomic mass is 9.97. The summed E-state index contributed by atoms with van der Waals surface area (Å²) >= 11 is 0. The number of pyridine rings is 1. The molecular weight excluding hydrogens is 258 g/mol. The Bertz CT molecular complexity index is 536. The van der Waals surface area contributed by atoms with Gasteiger partial charge >= 0.3 is 0 Å². The van der Waals surface area contributed by atoms with E-state index in [4.69, 9.17) is 9.47 Å². The van der Waals surface area contributed by atoms with E-state index in [1.54, 1.807) is 12.3 Å². The largest absolute Gasteiger partial charge is 0.453 e. The molecule has 4 heterocycles. The van der Waals surface area contributed by atoms with Crippen LogP contribution in [-0.4, -0.2) is 48.3 Å². The van der Waals surface area contributed by atoms with E-state index in [0.717, 1.165) is 18.9 Å². The van der Waals surface area contributed by atoms with Crippen molar-refractivity contribution in [2.45, 2.75) is 18.9 Å². The maximum absolute atomic E-state index is 12.3. The number of nitrogens with one attached hydrogen (secondary N) is 1. The highest BCUT2D eigenvalue weighted by molar-refractivity contribution is 5.93. The molecule has 1 N–H and O–H groups in total. The first-order chi connectivity index (χ1) is 9.78. The normalized spacial score (nSPS) is 30.3. The predicted molar refractivity (Wildman–Crippen MR) is 70.8 cm³/mol. The lowest BCUT2D eigenvalue weighted by molar-refractivity contribution is 0.0904. The molecule has 0 spiro atoms. The zero-order valence-corrected chi connectivity index (χ0v) is 11.2. The monoisotopic (exact) mass is 275 g/mol. The van der Waals surface area contributed by atoms with E-state index >= 15 is 0 Å². The fraction of sp³-hybridized carbons (Fsp3) is 0.571. The quantitative estimate of drug-likeness (QED) is 0.858. The second kappa shape index (κ2) is 4.63. The van der Waals surface area contributed by atoms with Crippen LogP contribution in [0, 0.1) is 5.92 Å². The average Bonchev–Trinajstić information content (AvgIpc) is 3.04. The minimum Gasteiger partial charge on any atom is -0.453 e. The van der Waals surface area contributed by atoms with Gasteiger partial charge in [0.05, 0.1) is 6.20 Å². The number of nitrogens with zero attached hydrogens (tertiary/aromatic N) is 2. The van der Waals surface area contributed by atoms with Gasteiger partial charge in [0.1, 0.15) is 5.69 Å². The Labute approximate surface area is 117 Å². The average molecular weight is 275 g/mol. The molecule has 0 aromatic carbocycles. The summed E-state index contributed by atoms with van der Waals surface area (Å²) in [6.45, 7) is 3.50. The van der Waals surface area contributed by atoms with E-state index in [2.05, 4.69) is 15.2 Å². The third-order valence-electron chi connectivity index (χ3n) is 4.29. The Kier molecular flexibility index (Phi) is 2.77. The van der Waals surface area contributed by atoms with Crippen molar-refractivity contribution in [3.05, 3.63) is 18.0 Å². The number of piperidine rings is 1.